The van der Waals surface area contributed by atoms with Crippen LogP contribution in [0.1, 0.15) is 31.7 Å². The van der Waals surface area contributed by atoms with Crippen LogP contribution in [0.2, 0.25) is 0 Å². The monoisotopic (exact) mass is 359 g/mol. The van der Waals surface area contributed by atoms with Crippen LogP contribution in [0.3, 0.4) is 0 Å². The van der Waals surface area contributed by atoms with Gasteiger partial charge in [-0.05, 0) is 42.7 Å². The van der Waals surface area contributed by atoms with E-state index in [1.165, 1.54) is 0 Å². The minimum absolute atomic E-state index is 0.142. The average molecular weight is 359 g/mol. The molecule has 6 nitrogen and oxygen atoms in total. The van der Waals surface area contributed by atoms with Crippen molar-refractivity contribution in [2.45, 2.75) is 33.4 Å². The maximum Gasteiger partial charge on any atom is 0.326 e. The molecule has 0 saturated carbocycles. The number of rotatable bonds is 5. The molecule has 1 N–H and O–H groups in total. The van der Waals surface area contributed by atoms with Crippen molar-refractivity contribution in [3.05, 3.63) is 64.3 Å². The summed E-state index contributed by atoms with van der Waals surface area (Å²) in [6.45, 7) is 5.59. The summed E-state index contributed by atoms with van der Waals surface area (Å²) in [4.78, 5) is 20.1. The standard InChI is InChI=1S/C21H21N5O/c1-14(2)9-10-25-19-8-7-15(12-22)11-17(19)23-20(25)13-26-18-6-4-3-5-16(18)24-21(26)27/h3-8,11,14H,9-10,13H2,1-2H3,(H,24,27). The number of imidazole rings is 2. The van der Waals surface area contributed by atoms with Crippen molar-refractivity contribution in [2.24, 2.45) is 5.92 Å². The Morgan fingerprint density at radius 1 is 1.15 bits per heavy atom. The van der Waals surface area contributed by atoms with Gasteiger partial charge in [-0.3, -0.25) is 4.57 Å². The molecule has 136 valence electrons. The van der Waals surface area contributed by atoms with Crippen molar-refractivity contribution in [1.82, 2.24) is 19.1 Å². The number of hydrogen-bond acceptors (Lipinski definition) is 3. The number of aromatic nitrogens is 4. The first-order valence-electron chi connectivity index (χ1n) is 9.13. The van der Waals surface area contributed by atoms with Gasteiger partial charge in [0.05, 0.1) is 40.2 Å². The minimum atomic E-state index is -0.142. The van der Waals surface area contributed by atoms with E-state index < -0.39 is 0 Å². The molecule has 27 heavy (non-hydrogen) atoms. The van der Waals surface area contributed by atoms with E-state index >= 15 is 0 Å². The molecule has 0 fully saturated rings. The fourth-order valence-electron chi connectivity index (χ4n) is 3.41. The molecule has 0 aliphatic heterocycles. The Morgan fingerprint density at radius 2 is 1.96 bits per heavy atom. The van der Waals surface area contributed by atoms with E-state index in [0.717, 1.165) is 40.9 Å². The molecule has 0 atom stereocenters. The molecule has 0 saturated heterocycles. The highest BCUT2D eigenvalue weighted by molar-refractivity contribution is 5.78. The van der Waals surface area contributed by atoms with Crippen molar-refractivity contribution >= 4 is 22.1 Å². The number of nitriles is 1. The third kappa shape index (κ3) is 3.13. The molecule has 0 radical (unpaired) electrons. The summed E-state index contributed by atoms with van der Waals surface area (Å²) in [6.07, 6.45) is 1.02. The van der Waals surface area contributed by atoms with Gasteiger partial charge >= 0.3 is 5.69 Å². The Hall–Kier alpha value is -3.33. The summed E-state index contributed by atoms with van der Waals surface area (Å²) >= 11 is 0. The number of nitrogens with one attached hydrogen (secondary N) is 1. The van der Waals surface area contributed by atoms with Gasteiger partial charge in [-0.15, -0.1) is 0 Å². The predicted octanol–water partition coefficient (Wildman–Crippen LogP) is 3.65. The van der Waals surface area contributed by atoms with E-state index in [-0.39, 0.29) is 5.69 Å². The van der Waals surface area contributed by atoms with Crippen LogP contribution in [0, 0.1) is 17.2 Å². The lowest BCUT2D eigenvalue weighted by Crippen LogP contribution is -2.20. The molecule has 0 aliphatic rings. The molecule has 4 aromatic rings. The van der Waals surface area contributed by atoms with Gasteiger partial charge in [-0.25, -0.2) is 9.78 Å². The molecule has 6 heteroatoms. The average Bonchev–Trinajstić information content (AvgIpc) is 3.16. The lowest BCUT2D eigenvalue weighted by Gasteiger charge is -2.11. The molecule has 0 amide bonds. The SMILES string of the molecule is CC(C)CCn1c(Cn2c(=O)[nH]c3ccccc32)nc2cc(C#N)ccc21. The number of hydrogen-bond donors (Lipinski definition) is 1. The van der Waals surface area contributed by atoms with Gasteiger partial charge in [-0.1, -0.05) is 26.0 Å². The molecule has 0 spiro atoms. The Bertz CT molecular complexity index is 1220. The van der Waals surface area contributed by atoms with E-state index in [4.69, 9.17) is 4.98 Å². The van der Waals surface area contributed by atoms with E-state index in [9.17, 15) is 10.1 Å². The fraction of sp³-hybridized carbons (Fsp3) is 0.286. The molecule has 4 rings (SSSR count). The number of H-pyrrole nitrogens is 1. The molecule has 2 aromatic carbocycles. The van der Waals surface area contributed by atoms with Gasteiger partial charge in [-0.2, -0.15) is 5.26 Å². The van der Waals surface area contributed by atoms with Crippen LogP contribution < -0.4 is 5.69 Å². The summed E-state index contributed by atoms with van der Waals surface area (Å²) in [7, 11) is 0. The third-order valence-electron chi connectivity index (χ3n) is 4.87. The van der Waals surface area contributed by atoms with Crippen LogP contribution in [0.4, 0.5) is 0 Å². The van der Waals surface area contributed by atoms with E-state index in [2.05, 4.69) is 29.5 Å². The number of benzene rings is 2. The molecular formula is C21H21N5O. The second-order valence-corrected chi connectivity index (χ2v) is 7.21. The molecule has 0 aliphatic carbocycles. The molecule has 2 aromatic heterocycles. The van der Waals surface area contributed by atoms with Gasteiger partial charge in [0.1, 0.15) is 5.82 Å². The van der Waals surface area contributed by atoms with Gasteiger partial charge in [0.25, 0.3) is 0 Å². The van der Waals surface area contributed by atoms with Crippen LogP contribution in [0.5, 0.6) is 0 Å². The zero-order chi connectivity index (χ0) is 19.0. The van der Waals surface area contributed by atoms with Gasteiger partial charge in [0, 0.05) is 6.54 Å². The minimum Gasteiger partial charge on any atom is -0.326 e. The zero-order valence-corrected chi connectivity index (χ0v) is 15.4. The molecule has 2 heterocycles. The first kappa shape index (κ1) is 17.1. The summed E-state index contributed by atoms with van der Waals surface area (Å²) in [5.74, 6) is 1.39. The fourth-order valence-corrected chi connectivity index (χ4v) is 3.41. The quantitative estimate of drug-likeness (QED) is 0.591. The number of nitrogens with zero attached hydrogens (tertiary/aromatic N) is 4. The topological polar surface area (TPSA) is 79.4 Å². The summed E-state index contributed by atoms with van der Waals surface area (Å²) in [5, 5.41) is 9.18. The Balaban J connectivity index is 1.84. The predicted molar refractivity (Wildman–Crippen MR) is 106 cm³/mol. The second-order valence-electron chi connectivity index (χ2n) is 7.21. The van der Waals surface area contributed by atoms with Crippen LogP contribution >= 0.6 is 0 Å². The van der Waals surface area contributed by atoms with Crippen LogP contribution in [-0.4, -0.2) is 19.1 Å². The van der Waals surface area contributed by atoms with E-state index in [0.29, 0.717) is 18.0 Å². The molecular weight excluding hydrogens is 338 g/mol. The number of fused-ring (bicyclic) bond motifs is 2. The molecule has 0 bridgehead atoms. The lowest BCUT2D eigenvalue weighted by molar-refractivity contribution is 0.507. The highest BCUT2D eigenvalue weighted by Gasteiger charge is 2.15. The van der Waals surface area contributed by atoms with Crippen molar-refractivity contribution in [2.75, 3.05) is 0 Å². The van der Waals surface area contributed by atoms with Crippen LogP contribution in [0.25, 0.3) is 22.1 Å². The van der Waals surface area contributed by atoms with Gasteiger partial charge in [0.15, 0.2) is 0 Å². The van der Waals surface area contributed by atoms with Crippen molar-refractivity contribution in [3.63, 3.8) is 0 Å². The Kier molecular flexibility index (Phi) is 4.28. The number of para-hydroxylation sites is 2. The first-order valence-corrected chi connectivity index (χ1v) is 9.13. The summed E-state index contributed by atoms with van der Waals surface area (Å²) in [5.41, 5.74) is 3.92. The van der Waals surface area contributed by atoms with Gasteiger partial charge < -0.3 is 9.55 Å². The maximum absolute atomic E-state index is 12.5. The highest BCUT2D eigenvalue weighted by Crippen LogP contribution is 2.21. The Labute approximate surface area is 156 Å². The normalized spacial score (nSPS) is 11.5. The van der Waals surface area contributed by atoms with Crippen molar-refractivity contribution in [3.8, 4) is 6.07 Å². The van der Waals surface area contributed by atoms with Crippen molar-refractivity contribution < 1.29 is 0 Å². The maximum atomic E-state index is 12.5. The van der Waals surface area contributed by atoms with Crippen LogP contribution in [-0.2, 0) is 13.1 Å². The summed E-state index contributed by atoms with van der Waals surface area (Å²) < 4.78 is 3.89. The largest absolute Gasteiger partial charge is 0.326 e. The van der Waals surface area contributed by atoms with E-state index in [1.54, 1.807) is 4.57 Å². The highest BCUT2D eigenvalue weighted by atomic mass is 16.1. The lowest BCUT2D eigenvalue weighted by atomic mass is 10.1. The zero-order valence-electron chi connectivity index (χ0n) is 15.4. The first-order chi connectivity index (χ1) is 13.1. The number of aryl methyl sites for hydroxylation is 1. The molecule has 0 unspecified atom stereocenters. The smallest absolute Gasteiger partial charge is 0.326 e. The van der Waals surface area contributed by atoms with Crippen molar-refractivity contribution in [1.29, 1.82) is 5.26 Å². The van der Waals surface area contributed by atoms with E-state index in [1.807, 2.05) is 42.5 Å². The Morgan fingerprint density at radius 3 is 2.74 bits per heavy atom. The van der Waals surface area contributed by atoms with Crippen LogP contribution in [0.15, 0.2) is 47.3 Å². The third-order valence-corrected chi connectivity index (χ3v) is 4.87. The number of aromatic amines is 1. The van der Waals surface area contributed by atoms with Gasteiger partial charge in [0.2, 0.25) is 0 Å². The second kappa shape index (κ2) is 6.76. The summed E-state index contributed by atoms with van der Waals surface area (Å²) in [6, 6.07) is 15.4.